The second kappa shape index (κ2) is 7.41. The number of morpholine rings is 1. The highest BCUT2D eigenvalue weighted by atomic mass is 35.5. The van der Waals surface area contributed by atoms with E-state index < -0.39 is 0 Å². The first-order valence-electron chi connectivity index (χ1n) is 9.91. The van der Waals surface area contributed by atoms with Crippen LogP contribution in [0.5, 0.6) is 0 Å². The number of fused-ring (bicyclic) bond motifs is 3. The highest BCUT2D eigenvalue weighted by molar-refractivity contribution is 6.30. The Bertz CT molecular complexity index is 1130. The van der Waals surface area contributed by atoms with E-state index in [2.05, 4.69) is 20.0 Å². The molecule has 0 aliphatic carbocycles. The van der Waals surface area contributed by atoms with E-state index in [1.54, 1.807) is 22.7 Å². The third-order valence-corrected chi connectivity index (χ3v) is 5.88. The Balaban J connectivity index is 1.42. The van der Waals surface area contributed by atoms with Crippen LogP contribution in [0.2, 0.25) is 5.15 Å². The van der Waals surface area contributed by atoms with Crippen LogP contribution in [0.15, 0.2) is 18.3 Å². The third kappa shape index (κ3) is 3.23. The molecule has 0 bridgehead atoms. The molecule has 0 aromatic carbocycles. The average molecular weight is 428 g/mol. The molecule has 1 N–H and O–H groups in total. The fourth-order valence-electron chi connectivity index (χ4n) is 4.04. The molecule has 5 heterocycles. The van der Waals surface area contributed by atoms with Gasteiger partial charge in [-0.25, -0.2) is 9.97 Å². The molecule has 1 saturated heterocycles. The smallest absolute Gasteiger partial charge is 0.272 e. The van der Waals surface area contributed by atoms with Crippen molar-refractivity contribution in [2.24, 2.45) is 7.05 Å². The van der Waals surface area contributed by atoms with Gasteiger partial charge in [-0.3, -0.25) is 9.48 Å². The van der Waals surface area contributed by atoms with Crippen molar-refractivity contribution >= 4 is 29.3 Å². The zero-order chi connectivity index (χ0) is 20.8. The van der Waals surface area contributed by atoms with Crippen LogP contribution >= 0.6 is 11.6 Å². The Morgan fingerprint density at radius 1 is 1.23 bits per heavy atom. The van der Waals surface area contributed by atoms with Gasteiger partial charge < -0.3 is 19.5 Å². The van der Waals surface area contributed by atoms with Gasteiger partial charge in [-0.2, -0.15) is 5.10 Å². The average Bonchev–Trinajstić information content (AvgIpc) is 3.26. The fourth-order valence-corrected chi connectivity index (χ4v) is 4.37. The Morgan fingerprint density at radius 3 is 2.83 bits per heavy atom. The maximum atomic E-state index is 12.8. The van der Waals surface area contributed by atoms with E-state index in [1.165, 1.54) is 0 Å². The molecule has 1 amide bonds. The third-order valence-electron chi connectivity index (χ3n) is 5.57. The lowest BCUT2D eigenvalue weighted by molar-refractivity contribution is 0.0295. The van der Waals surface area contributed by atoms with Crippen LogP contribution in [0.3, 0.4) is 0 Å². The van der Waals surface area contributed by atoms with E-state index in [9.17, 15) is 4.79 Å². The number of aryl methyl sites for hydroxylation is 3. The van der Waals surface area contributed by atoms with Crippen molar-refractivity contribution in [3.63, 3.8) is 0 Å². The predicted octanol–water partition coefficient (Wildman–Crippen LogP) is 2.41. The molecule has 9 nitrogen and oxygen atoms in total. The molecule has 0 unspecified atom stereocenters. The summed E-state index contributed by atoms with van der Waals surface area (Å²) in [6, 6.07) is 3.69. The first-order chi connectivity index (χ1) is 14.5. The van der Waals surface area contributed by atoms with Gasteiger partial charge in [-0.05, 0) is 25.0 Å². The summed E-state index contributed by atoms with van der Waals surface area (Å²) in [6.07, 6.45) is 2.68. The lowest BCUT2D eigenvalue weighted by Gasteiger charge is -2.26. The molecule has 5 rings (SSSR count). The zero-order valence-electron chi connectivity index (χ0n) is 16.9. The van der Waals surface area contributed by atoms with Crippen LogP contribution in [-0.2, 0) is 24.8 Å². The van der Waals surface area contributed by atoms with Crippen LogP contribution in [0, 0.1) is 6.92 Å². The standard InChI is InChI=1S/C20H22ClN7O2/c1-12-9-15(21)28-4-3-13-11-22-20(24-17(13)18(12)28)23-16-10-14(26(2)25-16)19(29)27-5-7-30-8-6-27/h9-11H,3-8H2,1-2H3,(H,22,23,24,25). The molecule has 10 heteroatoms. The molecule has 0 atom stereocenters. The van der Waals surface area contributed by atoms with Gasteiger partial charge in [0, 0.05) is 44.5 Å². The SMILES string of the molecule is Cc1cc(Cl)n2c1-c1nc(Nc3cc(C(=O)N4CCOCC4)n(C)n3)ncc1CC2. The van der Waals surface area contributed by atoms with Crippen molar-refractivity contribution in [1.29, 1.82) is 0 Å². The molecule has 30 heavy (non-hydrogen) atoms. The molecule has 0 spiro atoms. The quantitative estimate of drug-likeness (QED) is 0.690. The zero-order valence-corrected chi connectivity index (χ0v) is 17.6. The number of hydrogen-bond acceptors (Lipinski definition) is 6. The van der Waals surface area contributed by atoms with Crippen molar-refractivity contribution in [3.05, 3.63) is 40.3 Å². The molecule has 3 aromatic rings. The molecule has 2 aliphatic heterocycles. The highest BCUT2D eigenvalue weighted by Gasteiger charge is 2.24. The fraction of sp³-hybridized carbons (Fsp3) is 0.400. The van der Waals surface area contributed by atoms with E-state index in [1.807, 2.05) is 19.2 Å². The van der Waals surface area contributed by atoms with Crippen LogP contribution in [0.4, 0.5) is 11.8 Å². The minimum absolute atomic E-state index is 0.0594. The summed E-state index contributed by atoms with van der Waals surface area (Å²) >= 11 is 6.36. The number of nitrogens with one attached hydrogen (secondary N) is 1. The van der Waals surface area contributed by atoms with E-state index in [0.717, 1.165) is 40.6 Å². The van der Waals surface area contributed by atoms with Crippen molar-refractivity contribution in [2.75, 3.05) is 31.6 Å². The number of aromatic nitrogens is 5. The molecule has 2 aliphatic rings. The Labute approximate surface area is 178 Å². The largest absolute Gasteiger partial charge is 0.378 e. The molecular weight excluding hydrogens is 406 g/mol. The van der Waals surface area contributed by atoms with Gasteiger partial charge in [0.05, 0.1) is 24.6 Å². The van der Waals surface area contributed by atoms with Crippen molar-refractivity contribution in [1.82, 2.24) is 29.2 Å². The molecular formula is C20H22ClN7O2. The molecule has 3 aromatic heterocycles. The summed E-state index contributed by atoms with van der Waals surface area (Å²) in [5, 5.41) is 8.28. The van der Waals surface area contributed by atoms with E-state index in [0.29, 0.717) is 43.8 Å². The van der Waals surface area contributed by atoms with E-state index in [-0.39, 0.29) is 5.91 Å². The summed E-state index contributed by atoms with van der Waals surface area (Å²) in [5.74, 6) is 0.896. The number of halogens is 1. The second-order valence-corrected chi connectivity index (χ2v) is 7.92. The van der Waals surface area contributed by atoms with Crippen LogP contribution in [-0.4, -0.2) is 61.4 Å². The number of carbonyl (C=O) groups excluding carboxylic acids is 1. The monoisotopic (exact) mass is 427 g/mol. The van der Waals surface area contributed by atoms with Gasteiger partial charge in [0.2, 0.25) is 5.95 Å². The maximum absolute atomic E-state index is 12.8. The van der Waals surface area contributed by atoms with Crippen LogP contribution in [0.1, 0.15) is 21.6 Å². The van der Waals surface area contributed by atoms with Gasteiger partial charge in [0.25, 0.3) is 5.91 Å². The Kier molecular flexibility index (Phi) is 4.71. The van der Waals surface area contributed by atoms with Gasteiger partial charge >= 0.3 is 0 Å². The van der Waals surface area contributed by atoms with Gasteiger partial charge in [0.1, 0.15) is 10.8 Å². The summed E-state index contributed by atoms with van der Waals surface area (Å²) < 4.78 is 8.98. The summed E-state index contributed by atoms with van der Waals surface area (Å²) in [5.41, 5.74) is 4.59. The Hall–Kier alpha value is -2.91. The highest BCUT2D eigenvalue weighted by Crippen LogP contribution is 2.35. The summed E-state index contributed by atoms with van der Waals surface area (Å²) in [7, 11) is 1.75. The van der Waals surface area contributed by atoms with Gasteiger partial charge in [0.15, 0.2) is 5.82 Å². The van der Waals surface area contributed by atoms with Crippen LogP contribution in [0.25, 0.3) is 11.4 Å². The van der Waals surface area contributed by atoms with Crippen LogP contribution < -0.4 is 5.32 Å². The first kappa shape index (κ1) is 19.1. The summed E-state index contributed by atoms with van der Waals surface area (Å²) in [4.78, 5) is 23.7. The number of ether oxygens (including phenoxy) is 1. The molecule has 0 saturated carbocycles. The second-order valence-electron chi connectivity index (χ2n) is 7.54. The van der Waals surface area contributed by atoms with Gasteiger partial charge in [-0.15, -0.1) is 0 Å². The van der Waals surface area contributed by atoms with E-state index in [4.69, 9.17) is 21.3 Å². The summed E-state index contributed by atoms with van der Waals surface area (Å²) in [6.45, 7) is 5.14. The number of hydrogen-bond donors (Lipinski definition) is 1. The number of rotatable bonds is 3. The minimum Gasteiger partial charge on any atom is -0.378 e. The maximum Gasteiger partial charge on any atom is 0.272 e. The number of carbonyl (C=O) groups is 1. The van der Waals surface area contributed by atoms with E-state index >= 15 is 0 Å². The number of nitrogens with zero attached hydrogens (tertiary/aromatic N) is 6. The minimum atomic E-state index is -0.0594. The lowest BCUT2D eigenvalue weighted by Crippen LogP contribution is -2.41. The molecule has 0 radical (unpaired) electrons. The Morgan fingerprint density at radius 2 is 2.03 bits per heavy atom. The van der Waals surface area contributed by atoms with Gasteiger partial charge in [-0.1, -0.05) is 11.6 Å². The number of amides is 1. The normalized spacial score (nSPS) is 15.6. The predicted molar refractivity (Wildman–Crippen MR) is 112 cm³/mol. The molecule has 1 fully saturated rings. The number of anilines is 2. The lowest BCUT2D eigenvalue weighted by atomic mass is 10.0. The van der Waals surface area contributed by atoms with Crippen molar-refractivity contribution in [2.45, 2.75) is 19.9 Å². The van der Waals surface area contributed by atoms with Crippen molar-refractivity contribution < 1.29 is 9.53 Å². The molecule has 156 valence electrons. The van der Waals surface area contributed by atoms with Crippen molar-refractivity contribution in [3.8, 4) is 11.4 Å². The topological polar surface area (TPSA) is 90.1 Å². The first-order valence-corrected chi connectivity index (χ1v) is 10.3.